The van der Waals surface area contributed by atoms with E-state index in [2.05, 4.69) is 77.1 Å². The molecule has 0 saturated carbocycles. The summed E-state index contributed by atoms with van der Waals surface area (Å²) in [4.78, 5) is 0. The molecule has 0 aliphatic rings. The van der Waals surface area contributed by atoms with E-state index in [1.54, 1.807) is 0 Å². The standard InChI is InChI=1S/C26H57BrO2Si2/c1-25(2,3)30(7,8)28-22-18-14-10-11-16-20-24-31(9,26(4,5)6)29-23-19-15-12-13-17-21-27/h10-24H2,1-9H3. The first-order chi connectivity index (χ1) is 14.3. The quantitative estimate of drug-likeness (QED) is 0.0983. The van der Waals surface area contributed by atoms with Crippen molar-refractivity contribution in [1.29, 1.82) is 0 Å². The average Bonchev–Trinajstić information content (AvgIpc) is 2.64. The maximum atomic E-state index is 6.64. The predicted molar refractivity (Wildman–Crippen MR) is 150 cm³/mol. The number of rotatable bonds is 18. The lowest BCUT2D eigenvalue weighted by molar-refractivity contribution is 0.270. The highest BCUT2D eigenvalue weighted by Gasteiger charge is 2.41. The van der Waals surface area contributed by atoms with Gasteiger partial charge in [-0.25, -0.2) is 0 Å². The molecule has 0 aliphatic carbocycles. The first-order valence-electron chi connectivity index (χ1n) is 13.1. The smallest absolute Gasteiger partial charge is 0.195 e. The van der Waals surface area contributed by atoms with E-state index in [4.69, 9.17) is 8.85 Å². The molecule has 0 aromatic rings. The van der Waals surface area contributed by atoms with Crippen molar-refractivity contribution in [1.82, 2.24) is 0 Å². The zero-order valence-corrected chi connectivity index (χ0v) is 26.4. The molecule has 0 fully saturated rings. The van der Waals surface area contributed by atoms with E-state index in [1.165, 1.54) is 76.7 Å². The zero-order valence-electron chi connectivity index (χ0n) is 22.8. The van der Waals surface area contributed by atoms with Crippen LogP contribution in [0.4, 0.5) is 0 Å². The molecule has 2 nitrogen and oxygen atoms in total. The fraction of sp³-hybridized carbons (Fsp3) is 1.00. The van der Waals surface area contributed by atoms with Gasteiger partial charge in [0.05, 0.1) is 0 Å². The largest absolute Gasteiger partial charge is 0.417 e. The molecule has 0 aromatic carbocycles. The second-order valence-corrected chi connectivity index (χ2v) is 22.6. The monoisotopic (exact) mass is 536 g/mol. The van der Waals surface area contributed by atoms with Gasteiger partial charge in [-0.2, -0.15) is 0 Å². The molecule has 0 bridgehead atoms. The summed E-state index contributed by atoms with van der Waals surface area (Å²) in [5, 5.41) is 1.79. The van der Waals surface area contributed by atoms with E-state index >= 15 is 0 Å². The Kier molecular flexibility index (Phi) is 16.1. The Bertz CT molecular complexity index is 444. The summed E-state index contributed by atoms with van der Waals surface area (Å²) in [5.41, 5.74) is 0. The maximum absolute atomic E-state index is 6.64. The molecule has 0 amide bonds. The molecule has 1 atom stereocenters. The summed E-state index contributed by atoms with van der Waals surface area (Å²) < 4.78 is 12.9. The molecule has 0 rings (SSSR count). The molecule has 5 heteroatoms. The van der Waals surface area contributed by atoms with Crippen LogP contribution < -0.4 is 0 Å². The molecule has 0 aromatic heterocycles. The van der Waals surface area contributed by atoms with Gasteiger partial charge in [0.1, 0.15) is 0 Å². The number of hydrogen-bond donors (Lipinski definition) is 0. The van der Waals surface area contributed by atoms with Gasteiger partial charge in [0, 0.05) is 18.5 Å². The van der Waals surface area contributed by atoms with Gasteiger partial charge in [-0.1, -0.05) is 109 Å². The highest BCUT2D eigenvalue weighted by Crippen LogP contribution is 2.41. The Hall–Kier alpha value is 0.834. The van der Waals surface area contributed by atoms with Crippen molar-refractivity contribution in [2.75, 3.05) is 18.5 Å². The minimum Gasteiger partial charge on any atom is -0.417 e. The molecule has 0 radical (unpaired) electrons. The van der Waals surface area contributed by atoms with Gasteiger partial charge < -0.3 is 8.85 Å². The summed E-state index contributed by atoms with van der Waals surface area (Å²) in [6.07, 6.45) is 14.5. The SMILES string of the molecule is CC(C)(C)[Si](C)(C)OCCCCCCCC[Si](C)(OCCCCCCCBr)C(C)(C)C. The normalized spacial score (nSPS) is 15.3. The van der Waals surface area contributed by atoms with Crippen LogP contribution >= 0.6 is 15.9 Å². The van der Waals surface area contributed by atoms with E-state index in [0.717, 1.165) is 18.5 Å². The maximum Gasteiger partial charge on any atom is 0.195 e. The van der Waals surface area contributed by atoms with Crippen LogP contribution in [-0.2, 0) is 8.85 Å². The lowest BCUT2D eigenvalue weighted by Gasteiger charge is -2.39. The summed E-state index contributed by atoms with van der Waals surface area (Å²) in [6.45, 7) is 23.3. The minimum atomic E-state index is -1.67. The Morgan fingerprint density at radius 2 is 0.968 bits per heavy atom. The van der Waals surface area contributed by atoms with Gasteiger partial charge in [-0.3, -0.25) is 0 Å². The van der Waals surface area contributed by atoms with Crippen molar-refractivity contribution in [3.05, 3.63) is 0 Å². The predicted octanol–water partition coefficient (Wildman–Crippen LogP) is 10.1. The summed E-state index contributed by atoms with van der Waals surface area (Å²) in [6, 6.07) is 1.31. The second-order valence-electron chi connectivity index (χ2n) is 12.3. The van der Waals surface area contributed by atoms with Gasteiger partial charge in [-0.15, -0.1) is 0 Å². The molecule has 0 spiro atoms. The van der Waals surface area contributed by atoms with Crippen molar-refractivity contribution < 1.29 is 8.85 Å². The van der Waals surface area contributed by atoms with Crippen LogP contribution in [0.15, 0.2) is 0 Å². The minimum absolute atomic E-state index is 0.323. The van der Waals surface area contributed by atoms with Crippen LogP contribution in [0.5, 0.6) is 0 Å². The summed E-state index contributed by atoms with van der Waals surface area (Å²) in [5.74, 6) is 0. The first-order valence-corrected chi connectivity index (χ1v) is 19.8. The van der Waals surface area contributed by atoms with Gasteiger partial charge in [0.15, 0.2) is 16.6 Å². The van der Waals surface area contributed by atoms with Gasteiger partial charge in [-0.05, 0) is 55.0 Å². The summed E-state index contributed by atoms with van der Waals surface area (Å²) in [7, 11) is -3.23. The molecule has 1 unspecified atom stereocenters. The zero-order chi connectivity index (χ0) is 24.0. The number of unbranched alkanes of at least 4 members (excludes halogenated alkanes) is 9. The molecule has 0 heterocycles. The molecule has 0 aliphatic heterocycles. The van der Waals surface area contributed by atoms with Crippen molar-refractivity contribution >= 4 is 32.6 Å². The highest BCUT2D eigenvalue weighted by molar-refractivity contribution is 9.09. The third-order valence-corrected chi connectivity index (χ3v) is 18.0. The van der Waals surface area contributed by atoms with Crippen LogP contribution in [0.1, 0.15) is 112 Å². The van der Waals surface area contributed by atoms with Crippen LogP contribution in [0.25, 0.3) is 0 Å². The van der Waals surface area contributed by atoms with Gasteiger partial charge in [0.2, 0.25) is 0 Å². The lowest BCUT2D eigenvalue weighted by Crippen LogP contribution is -2.44. The second kappa shape index (κ2) is 15.7. The van der Waals surface area contributed by atoms with E-state index in [1.807, 2.05) is 0 Å². The molecule has 188 valence electrons. The Labute approximate surface area is 207 Å². The lowest BCUT2D eigenvalue weighted by atomic mass is 10.1. The molecule has 0 saturated heterocycles. The third-order valence-electron chi connectivity index (χ3n) is 7.60. The topological polar surface area (TPSA) is 18.5 Å². The third kappa shape index (κ3) is 14.0. The van der Waals surface area contributed by atoms with E-state index in [-0.39, 0.29) is 0 Å². The van der Waals surface area contributed by atoms with E-state index in [0.29, 0.717) is 10.1 Å². The van der Waals surface area contributed by atoms with Crippen LogP contribution in [-0.4, -0.2) is 35.2 Å². The van der Waals surface area contributed by atoms with Gasteiger partial charge >= 0.3 is 0 Å². The Morgan fingerprint density at radius 1 is 0.548 bits per heavy atom. The highest BCUT2D eigenvalue weighted by atomic mass is 79.9. The van der Waals surface area contributed by atoms with Gasteiger partial charge in [0.25, 0.3) is 0 Å². The molecular weight excluding hydrogens is 480 g/mol. The Morgan fingerprint density at radius 3 is 1.42 bits per heavy atom. The first kappa shape index (κ1) is 31.8. The number of alkyl halides is 1. The fourth-order valence-electron chi connectivity index (χ4n) is 3.50. The van der Waals surface area contributed by atoms with Crippen LogP contribution in [0.2, 0.25) is 35.8 Å². The number of halogens is 1. The van der Waals surface area contributed by atoms with E-state index in [9.17, 15) is 0 Å². The van der Waals surface area contributed by atoms with E-state index < -0.39 is 16.6 Å². The molecule has 31 heavy (non-hydrogen) atoms. The molecule has 0 N–H and O–H groups in total. The van der Waals surface area contributed by atoms with Crippen molar-refractivity contribution in [3.63, 3.8) is 0 Å². The van der Waals surface area contributed by atoms with Crippen molar-refractivity contribution in [3.8, 4) is 0 Å². The Balaban J connectivity index is 3.99. The fourth-order valence-corrected chi connectivity index (χ4v) is 7.83. The number of hydrogen-bond acceptors (Lipinski definition) is 2. The van der Waals surface area contributed by atoms with Crippen molar-refractivity contribution in [2.45, 2.75) is 148 Å². The average molecular weight is 538 g/mol. The molecular formula is C26H57BrO2Si2. The van der Waals surface area contributed by atoms with Crippen molar-refractivity contribution in [2.24, 2.45) is 0 Å². The van der Waals surface area contributed by atoms with Crippen LogP contribution in [0.3, 0.4) is 0 Å². The van der Waals surface area contributed by atoms with Crippen LogP contribution in [0, 0.1) is 0 Å². The summed E-state index contributed by atoms with van der Waals surface area (Å²) >= 11 is 3.52.